The molecule has 0 aliphatic rings. The fourth-order valence-corrected chi connectivity index (χ4v) is 0.484. The minimum atomic E-state index is -1.67. The van der Waals surface area contributed by atoms with E-state index in [9.17, 15) is 14.9 Å². The SMILES string of the molecule is O=C(Cl)CCCO[N+](=O)[O-].O=S(Cl)Cl. The quantitative estimate of drug-likeness (QED) is 0.333. The monoisotopic (exact) mass is 285 g/mol. The van der Waals surface area contributed by atoms with Crippen LogP contribution in [0.5, 0.6) is 0 Å². The van der Waals surface area contributed by atoms with Gasteiger partial charge in [0.15, 0.2) is 0 Å². The van der Waals surface area contributed by atoms with Crippen molar-refractivity contribution >= 4 is 47.4 Å². The van der Waals surface area contributed by atoms with Crippen LogP contribution in [0.2, 0.25) is 0 Å². The van der Waals surface area contributed by atoms with Crippen LogP contribution in [0.25, 0.3) is 0 Å². The Balaban J connectivity index is 0. The lowest BCUT2D eigenvalue weighted by molar-refractivity contribution is -0.757. The molecule has 84 valence electrons. The largest absolute Gasteiger partial charge is 0.314 e. The molecule has 6 nitrogen and oxygen atoms in total. The second-order valence-electron chi connectivity index (χ2n) is 1.70. The van der Waals surface area contributed by atoms with Crippen LogP contribution >= 0.6 is 33.0 Å². The van der Waals surface area contributed by atoms with Crippen LogP contribution in [-0.2, 0) is 18.9 Å². The fraction of sp³-hybridized carbons (Fsp3) is 0.750. The smallest absolute Gasteiger partial charge is 0.294 e. The molecular formula is C4H6Cl3NO5S. The molecule has 0 unspecified atom stereocenters. The van der Waals surface area contributed by atoms with E-state index in [0.717, 1.165) is 0 Å². The van der Waals surface area contributed by atoms with E-state index >= 15 is 0 Å². The molecule has 0 bridgehead atoms. The normalized spacial score (nSPS) is 8.86. The van der Waals surface area contributed by atoms with Gasteiger partial charge in [0.25, 0.3) is 5.09 Å². The van der Waals surface area contributed by atoms with Crippen LogP contribution in [0.3, 0.4) is 0 Å². The summed E-state index contributed by atoms with van der Waals surface area (Å²) >= 11 is 4.93. The maximum atomic E-state index is 10.0. The zero-order chi connectivity index (χ0) is 11.6. The molecule has 0 aliphatic heterocycles. The van der Waals surface area contributed by atoms with Gasteiger partial charge in [-0.05, 0) is 18.0 Å². The van der Waals surface area contributed by atoms with Crippen molar-refractivity contribution in [3.63, 3.8) is 0 Å². The lowest BCUT2D eigenvalue weighted by Crippen LogP contribution is -2.02. The predicted octanol–water partition coefficient (Wildman–Crippen LogP) is 1.78. The first-order chi connectivity index (χ1) is 6.36. The molecule has 10 heteroatoms. The van der Waals surface area contributed by atoms with Crippen molar-refractivity contribution in [1.29, 1.82) is 0 Å². The van der Waals surface area contributed by atoms with E-state index in [-0.39, 0.29) is 19.4 Å². The topological polar surface area (TPSA) is 86.5 Å². The van der Waals surface area contributed by atoms with Gasteiger partial charge in [-0.3, -0.25) is 4.79 Å². The molecule has 0 atom stereocenters. The summed E-state index contributed by atoms with van der Waals surface area (Å²) in [4.78, 5) is 23.4. The summed E-state index contributed by atoms with van der Waals surface area (Å²) in [6.07, 6.45) is 0.388. The van der Waals surface area contributed by atoms with Crippen molar-refractivity contribution in [3.05, 3.63) is 10.1 Å². The summed E-state index contributed by atoms with van der Waals surface area (Å²) in [5, 5.41) is 8.10. The van der Waals surface area contributed by atoms with Gasteiger partial charge in [-0.25, -0.2) is 4.21 Å². The molecule has 0 N–H and O–H groups in total. The van der Waals surface area contributed by atoms with Crippen molar-refractivity contribution < 1.29 is 18.9 Å². The van der Waals surface area contributed by atoms with Crippen LogP contribution in [0.15, 0.2) is 0 Å². The van der Waals surface area contributed by atoms with Gasteiger partial charge < -0.3 is 4.84 Å². The first-order valence-electron chi connectivity index (χ1n) is 3.06. The molecule has 0 aromatic heterocycles. The van der Waals surface area contributed by atoms with Gasteiger partial charge in [0, 0.05) is 27.8 Å². The van der Waals surface area contributed by atoms with Crippen molar-refractivity contribution in [2.45, 2.75) is 12.8 Å². The Bertz CT molecular complexity index is 193. The van der Waals surface area contributed by atoms with E-state index in [4.69, 9.17) is 15.8 Å². The average molecular weight is 287 g/mol. The third-order valence-electron chi connectivity index (χ3n) is 0.714. The van der Waals surface area contributed by atoms with Gasteiger partial charge in [0.05, 0.1) is 6.61 Å². The van der Waals surface area contributed by atoms with Gasteiger partial charge in [0.2, 0.25) is 14.5 Å². The zero-order valence-electron chi connectivity index (χ0n) is 6.65. The number of nitrogens with zero attached hydrogens (tertiary/aromatic N) is 1. The van der Waals surface area contributed by atoms with Crippen molar-refractivity contribution in [2.24, 2.45) is 0 Å². The molecule has 0 saturated heterocycles. The summed E-state index contributed by atoms with van der Waals surface area (Å²) in [5.74, 6) is 0. The Hall–Kier alpha value is -0.110. The summed E-state index contributed by atoms with van der Waals surface area (Å²) in [7, 11) is 7.36. The van der Waals surface area contributed by atoms with Gasteiger partial charge in [0.1, 0.15) is 0 Å². The maximum Gasteiger partial charge on any atom is 0.294 e. The molecule has 0 fully saturated rings. The van der Waals surface area contributed by atoms with E-state index in [1.165, 1.54) is 0 Å². The Kier molecular flexibility index (Phi) is 12.8. The lowest BCUT2D eigenvalue weighted by Gasteiger charge is -1.93. The lowest BCUT2D eigenvalue weighted by atomic mass is 10.3. The van der Waals surface area contributed by atoms with E-state index < -0.39 is 19.6 Å². The highest BCUT2D eigenvalue weighted by molar-refractivity contribution is 8.26. The third-order valence-corrected chi connectivity index (χ3v) is 0.903. The fourth-order valence-electron chi connectivity index (χ4n) is 0.350. The number of carbonyl (C=O) groups is 1. The van der Waals surface area contributed by atoms with Gasteiger partial charge >= 0.3 is 0 Å². The van der Waals surface area contributed by atoms with Crippen LogP contribution in [0, 0.1) is 10.1 Å². The molecule has 0 radical (unpaired) electrons. The zero-order valence-corrected chi connectivity index (χ0v) is 9.74. The molecule has 0 saturated carbocycles. The Morgan fingerprint density at radius 3 is 2.21 bits per heavy atom. The standard InChI is InChI=1S/C4H6ClNO4.Cl2OS/c5-4(7)2-1-3-10-6(8)9;1-4(2)3/h1-3H2;. The van der Waals surface area contributed by atoms with Gasteiger partial charge in [-0.15, -0.1) is 10.1 Å². The summed E-state index contributed by atoms with van der Waals surface area (Å²) in [5.41, 5.74) is 0. The number of hydrogen-bond donors (Lipinski definition) is 0. The van der Waals surface area contributed by atoms with E-state index in [1.807, 2.05) is 0 Å². The van der Waals surface area contributed by atoms with E-state index in [2.05, 4.69) is 26.2 Å². The Morgan fingerprint density at radius 1 is 1.50 bits per heavy atom. The molecule has 0 aromatic carbocycles. The number of rotatable bonds is 5. The average Bonchev–Trinajstić information content (AvgIpc) is 1.96. The molecule has 0 aliphatic carbocycles. The summed E-state index contributed by atoms with van der Waals surface area (Å²) < 4.78 is 9.09. The van der Waals surface area contributed by atoms with Crippen molar-refractivity contribution in [3.8, 4) is 0 Å². The number of hydrogen-bond acceptors (Lipinski definition) is 5. The van der Waals surface area contributed by atoms with Crippen LogP contribution in [-0.4, -0.2) is 21.1 Å². The Morgan fingerprint density at radius 2 is 1.93 bits per heavy atom. The van der Waals surface area contributed by atoms with Crippen LogP contribution in [0.1, 0.15) is 12.8 Å². The molecule has 0 spiro atoms. The first-order valence-corrected chi connectivity index (χ1v) is 6.24. The van der Waals surface area contributed by atoms with Crippen molar-refractivity contribution in [1.82, 2.24) is 0 Å². The third kappa shape index (κ3) is 29.7. The highest BCUT2D eigenvalue weighted by atomic mass is 36.0. The minimum Gasteiger partial charge on any atom is -0.314 e. The Labute approximate surface area is 96.0 Å². The molecule has 0 aromatic rings. The van der Waals surface area contributed by atoms with Crippen molar-refractivity contribution in [2.75, 3.05) is 6.61 Å². The molecule has 0 rings (SSSR count). The maximum absolute atomic E-state index is 10.0. The highest BCUT2D eigenvalue weighted by Gasteiger charge is 1.97. The molecular weight excluding hydrogens is 280 g/mol. The minimum absolute atomic E-state index is 0.0779. The van der Waals surface area contributed by atoms with E-state index in [0.29, 0.717) is 0 Å². The second kappa shape index (κ2) is 11.0. The second-order valence-corrected chi connectivity index (χ2v) is 4.65. The van der Waals surface area contributed by atoms with Crippen LogP contribution in [0.4, 0.5) is 0 Å². The predicted molar refractivity (Wildman–Crippen MR) is 52.9 cm³/mol. The molecule has 14 heavy (non-hydrogen) atoms. The number of halogens is 3. The summed E-state index contributed by atoms with van der Waals surface area (Å²) in [6.45, 7) is -0.0779. The van der Waals surface area contributed by atoms with Crippen LogP contribution < -0.4 is 0 Å². The summed E-state index contributed by atoms with van der Waals surface area (Å²) in [6, 6.07) is 0. The van der Waals surface area contributed by atoms with E-state index in [1.54, 1.807) is 0 Å². The number of carbonyl (C=O) groups excluding carboxylic acids is 1. The molecule has 0 amide bonds. The first kappa shape index (κ1) is 16.3. The van der Waals surface area contributed by atoms with Gasteiger partial charge in [-0.2, -0.15) is 0 Å². The highest BCUT2D eigenvalue weighted by Crippen LogP contribution is 1.94. The van der Waals surface area contributed by atoms with Gasteiger partial charge in [-0.1, -0.05) is 0 Å². The molecule has 0 heterocycles.